The maximum Gasteiger partial charge on any atom is 0.159 e. The van der Waals surface area contributed by atoms with Gasteiger partial charge in [0, 0.05) is 6.42 Å². The zero-order chi connectivity index (χ0) is 14.0. The predicted octanol–water partition coefficient (Wildman–Crippen LogP) is 4.08. The molecule has 0 heterocycles. The largest absolute Gasteiger partial charge is 0.389 e. The fourth-order valence-corrected chi connectivity index (χ4v) is 3.43. The van der Waals surface area contributed by atoms with E-state index in [0.29, 0.717) is 17.9 Å². The fraction of sp³-hybridized carbons (Fsp3) is 0.625. The molecule has 0 bridgehead atoms. The van der Waals surface area contributed by atoms with Crippen LogP contribution in [-0.4, -0.2) is 10.7 Å². The van der Waals surface area contributed by atoms with E-state index in [9.17, 15) is 13.9 Å². The van der Waals surface area contributed by atoms with Gasteiger partial charge in [-0.3, -0.25) is 0 Å². The maximum atomic E-state index is 13.3. The Hall–Kier alpha value is -0.960. The summed E-state index contributed by atoms with van der Waals surface area (Å²) in [7, 11) is 0. The Morgan fingerprint density at radius 2 is 2.00 bits per heavy atom. The second kappa shape index (κ2) is 5.58. The first kappa shape index (κ1) is 14.4. The molecule has 1 N–H and O–H groups in total. The van der Waals surface area contributed by atoms with Gasteiger partial charge in [-0.2, -0.15) is 0 Å². The zero-order valence-corrected chi connectivity index (χ0v) is 11.6. The molecule has 2 rings (SSSR count). The predicted molar refractivity (Wildman–Crippen MR) is 71.8 cm³/mol. The normalized spacial score (nSPS) is 27.8. The summed E-state index contributed by atoms with van der Waals surface area (Å²) in [4.78, 5) is 0. The Balaban J connectivity index is 2.20. The van der Waals surface area contributed by atoms with Gasteiger partial charge in [0.1, 0.15) is 0 Å². The standard InChI is InChI=1S/C16H22F2O/c1-11(2)13-5-3-4-8-16(13,19)10-12-6-7-14(17)15(18)9-12/h6-7,9,11,13,19H,3-5,8,10H2,1-2H3. The highest BCUT2D eigenvalue weighted by molar-refractivity contribution is 5.20. The van der Waals surface area contributed by atoms with Crippen LogP contribution in [0.25, 0.3) is 0 Å². The quantitative estimate of drug-likeness (QED) is 0.875. The summed E-state index contributed by atoms with van der Waals surface area (Å²) in [5.74, 6) is -1.04. The van der Waals surface area contributed by atoms with Gasteiger partial charge in [-0.25, -0.2) is 8.78 Å². The van der Waals surface area contributed by atoms with Crippen molar-refractivity contribution in [1.82, 2.24) is 0 Å². The molecular formula is C16H22F2O. The molecule has 1 aliphatic rings. The van der Waals surface area contributed by atoms with Crippen LogP contribution in [-0.2, 0) is 6.42 Å². The molecule has 0 aliphatic heterocycles. The minimum absolute atomic E-state index is 0.231. The molecule has 2 unspecified atom stereocenters. The van der Waals surface area contributed by atoms with E-state index in [4.69, 9.17) is 0 Å². The van der Waals surface area contributed by atoms with E-state index in [1.165, 1.54) is 6.07 Å². The molecule has 2 atom stereocenters. The average Bonchev–Trinajstić information content (AvgIpc) is 2.33. The lowest BCUT2D eigenvalue weighted by atomic mass is 9.68. The first-order valence-electron chi connectivity index (χ1n) is 7.09. The van der Waals surface area contributed by atoms with E-state index >= 15 is 0 Å². The number of aliphatic hydroxyl groups is 1. The Bertz CT molecular complexity index is 444. The highest BCUT2D eigenvalue weighted by Gasteiger charge is 2.40. The third kappa shape index (κ3) is 3.14. The molecule has 1 aromatic carbocycles. The average molecular weight is 268 g/mol. The zero-order valence-electron chi connectivity index (χ0n) is 11.6. The minimum atomic E-state index is -0.835. The molecule has 19 heavy (non-hydrogen) atoms. The van der Waals surface area contributed by atoms with Crippen molar-refractivity contribution in [3.05, 3.63) is 35.4 Å². The number of halogens is 2. The van der Waals surface area contributed by atoms with Crippen molar-refractivity contribution in [2.75, 3.05) is 0 Å². The van der Waals surface area contributed by atoms with Crippen LogP contribution in [0.4, 0.5) is 8.78 Å². The van der Waals surface area contributed by atoms with Crippen LogP contribution in [0.1, 0.15) is 45.1 Å². The van der Waals surface area contributed by atoms with Gasteiger partial charge in [-0.15, -0.1) is 0 Å². The number of hydrogen-bond donors (Lipinski definition) is 1. The molecule has 106 valence electrons. The first-order valence-corrected chi connectivity index (χ1v) is 7.09. The summed E-state index contributed by atoms with van der Waals surface area (Å²) in [6.45, 7) is 4.23. The Morgan fingerprint density at radius 1 is 1.26 bits per heavy atom. The number of benzene rings is 1. The molecule has 0 spiro atoms. The Kier molecular flexibility index (Phi) is 4.24. The molecule has 1 aromatic rings. The van der Waals surface area contributed by atoms with E-state index in [2.05, 4.69) is 13.8 Å². The van der Waals surface area contributed by atoms with Gasteiger partial charge < -0.3 is 5.11 Å². The molecule has 1 aliphatic carbocycles. The van der Waals surface area contributed by atoms with Gasteiger partial charge in [0.15, 0.2) is 11.6 Å². The topological polar surface area (TPSA) is 20.2 Å². The Morgan fingerprint density at radius 3 is 2.63 bits per heavy atom. The van der Waals surface area contributed by atoms with E-state index in [1.54, 1.807) is 6.07 Å². The molecule has 1 saturated carbocycles. The second-order valence-electron chi connectivity index (χ2n) is 6.13. The van der Waals surface area contributed by atoms with Crippen molar-refractivity contribution in [3.63, 3.8) is 0 Å². The Labute approximate surface area is 113 Å². The van der Waals surface area contributed by atoms with E-state index in [0.717, 1.165) is 31.7 Å². The van der Waals surface area contributed by atoms with Crippen molar-refractivity contribution >= 4 is 0 Å². The van der Waals surface area contributed by atoms with Crippen molar-refractivity contribution in [2.24, 2.45) is 11.8 Å². The molecule has 1 fully saturated rings. The third-order valence-corrected chi connectivity index (χ3v) is 4.36. The second-order valence-corrected chi connectivity index (χ2v) is 6.13. The summed E-state index contributed by atoms with van der Waals surface area (Å²) in [6, 6.07) is 3.92. The minimum Gasteiger partial charge on any atom is -0.389 e. The van der Waals surface area contributed by atoms with Crippen LogP contribution in [0, 0.1) is 23.5 Å². The van der Waals surface area contributed by atoms with Crippen molar-refractivity contribution < 1.29 is 13.9 Å². The fourth-order valence-electron chi connectivity index (χ4n) is 3.43. The third-order valence-electron chi connectivity index (χ3n) is 4.36. The van der Waals surface area contributed by atoms with E-state index in [-0.39, 0.29) is 5.92 Å². The lowest BCUT2D eigenvalue weighted by Gasteiger charge is -2.42. The van der Waals surface area contributed by atoms with Gasteiger partial charge >= 0.3 is 0 Å². The summed E-state index contributed by atoms with van der Waals surface area (Å²) < 4.78 is 26.2. The number of hydrogen-bond acceptors (Lipinski definition) is 1. The summed E-state index contributed by atoms with van der Waals surface area (Å²) >= 11 is 0. The van der Waals surface area contributed by atoms with Crippen molar-refractivity contribution in [2.45, 2.75) is 51.6 Å². The monoisotopic (exact) mass is 268 g/mol. The SMILES string of the molecule is CC(C)C1CCCCC1(O)Cc1ccc(F)c(F)c1. The van der Waals surface area contributed by atoms with Crippen molar-refractivity contribution in [3.8, 4) is 0 Å². The maximum absolute atomic E-state index is 13.3. The van der Waals surface area contributed by atoms with Gasteiger partial charge in [-0.05, 0) is 42.4 Å². The molecule has 0 aromatic heterocycles. The first-order chi connectivity index (χ1) is 8.92. The van der Waals surface area contributed by atoms with Crippen LogP contribution < -0.4 is 0 Å². The summed E-state index contributed by atoms with van der Waals surface area (Å²) in [5.41, 5.74) is -0.106. The highest BCUT2D eigenvalue weighted by Crippen LogP contribution is 2.40. The van der Waals surface area contributed by atoms with Gasteiger partial charge in [0.25, 0.3) is 0 Å². The van der Waals surface area contributed by atoms with Crippen LogP contribution in [0.5, 0.6) is 0 Å². The van der Waals surface area contributed by atoms with E-state index < -0.39 is 17.2 Å². The lowest BCUT2D eigenvalue weighted by molar-refractivity contribution is -0.0653. The molecular weight excluding hydrogens is 246 g/mol. The molecule has 3 heteroatoms. The van der Waals surface area contributed by atoms with Crippen molar-refractivity contribution in [1.29, 1.82) is 0 Å². The lowest BCUT2D eigenvalue weighted by Crippen LogP contribution is -2.45. The molecule has 0 amide bonds. The smallest absolute Gasteiger partial charge is 0.159 e. The molecule has 1 nitrogen and oxygen atoms in total. The van der Waals surface area contributed by atoms with Gasteiger partial charge in [0.2, 0.25) is 0 Å². The molecule has 0 radical (unpaired) electrons. The number of rotatable bonds is 3. The van der Waals surface area contributed by atoms with Crippen LogP contribution in [0.2, 0.25) is 0 Å². The van der Waals surface area contributed by atoms with Crippen LogP contribution >= 0.6 is 0 Å². The highest BCUT2D eigenvalue weighted by atomic mass is 19.2. The molecule has 0 saturated heterocycles. The van der Waals surface area contributed by atoms with E-state index in [1.807, 2.05) is 0 Å². The van der Waals surface area contributed by atoms with Gasteiger partial charge in [-0.1, -0.05) is 32.8 Å². The summed E-state index contributed by atoms with van der Waals surface area (Å²) in [5, 5.41) is 10.9. The summed E-state index contributed by atoms with van der Waals surface area (Å²) in [6.07, 6.45) is 4.31. The van der Waals surface area contributed by atoms with Gasteiger partial charge in [0.05, 0.1) is 5.60 Å². The van der Waals surface area contributed by atoms with Crippen LogP contribution in [0.15, 0.2) is 18.2 Å². The van der Waals surface area contributed by atoms with Crippen LogP contribution in [0.3, 0.4) is 0 Å².